The molecule has 2 N–H and O–H groups in total. The van der Waals surface area contributed by atoms with Crippen molar-refractivity contribution in [3.05, 3.63) is 71.6 Å². The number of nitrogens with zero attached hydrogens (tertiary/aromatic N) is 3. The van der Waals surface area contributed by atoms with Gasteiger partial charge >= 0.3 is 0 Å². The molecule has 0 aliphatic carbocycles. The Morgan fingerprint density at radius 2 is 1.48 bits per heavy atom. The van der Waals surface area contributed by atoms with Crippen LogP contribution in [0.15, 0.2) is 65.2 Å². The van der Waals surface area contributed by atoms with Crippen molar-refractivity contribution in [3.63, 3.8) is 0 Å². The number of halogens is 1. The summed E-state index contributed by atoms with van der Waals surface area (Å²) in [6.45, 7) is 1.77. The summed E-state index contributed by atoms with van der Waals surface area (Å²) < 4.78 is 5.03. The van der Waals surface area contributed by atoms with E-state index < -0.39 is 0 Å². The largest absolute Gasteiger partial charge is 0.480 e. The molecule has 0 radical (unpaired) electrons. The maximum Gasteiger partial charge on any atom is 0.292 e. The van der Waals surface area contributed by atoms with Crippen molar-refractivity contribution < 1.29 is 9.63 Å². The Kier molecular flexibility index (Phi) is 4.07. The lowest BCUT2D eigenvalue weighted by molar-refractivity contribution is 0.394. The summed E-state index contributed by atoms with van der Waals surface area (Å²) >= 11 is 6.43. The van der Waals surface area contributed by atoms with Crippen molar-refractivity contribution in [1.29, 1.82) is 0 Å². The zero-order valence-electron chi connectivity index (χ0n) is 15.3. The van der Waals surface area contributed by atoms with E-state index in [1.165, 1.54) is 0 Å². The lowest BCUT2D eigenvalue weighted by Crippen LogP contribution is -1.84. The third-order valence-electron chi connectivity index (χ3n) is 4.76. The third kappa shape index (κ3) is 3.23. The van der Waals surface area contributed by atoms with Gasteiger partial charge in [-0.05, 0) is 28.8 Å². The van der Waals surface area contributed by atoms with Gasteiger partial charge in [-0.15, -0.1) is 0 Å². The average Bonchev–Trinajstić information content (AvgIpc) is 3.32. The molecule has 0 spiro atoms. The number of hydrogen-bond acceptors (Lipinski definition) is 5. The summed E-state index contributed by atoms with van der Waals surface area (Å²) in [7, 11) is 0. The summed E-state index contributed by atoms with van der Waals surface area (Å²) in [4.78, 5) is 11.1. The number of hydrogen-bond donors (Lipinski definition) is 2. The predicted octanol–water partition coefficient (Wildman–Crippen LogP) is 5.61. The number of imidazole rings is 1. The molecule has 29 heavy (non-hydrogen) atoms. The van der Waals surface area contributed by atoms with Crippen LogP contribution in [-0.2, 0) is 0 Å². The lowest BCUT2D eigenvalue weighted by Gasteiger charge is -2.07. The third-order valence-corrected chi connectivity index (χ3v) is 5.07. The smallest absolute Gasteiger partial charge is 0.292 e. The van der Waals surface area contributed by atoms with Gasteiger partial charge in [0.05, 0.1) is 16.1 Å². The first kappa shape index (κ1) is 17.5. The first-order valence-corrected chi connectivity index (χ1v) is 9.34. The SMILES string of the molecule is Cc1nc(-c2ccc(-c3ccc(-c4cc5nc(O)[nH]c5cc4Cl)cc3)cc2)no1. The minimum Gasteiger partial charge on any atom is -0.480 e. The van der Waals surface area contributed by atoms with Crippen LogP contribution >= 0.6 is 11.6 Å². The summed E-state index contributed by atoms with van der Waals surface area (Å²) in [6, 6.07) is 19.7. The van der Waals surface area contributed by atoms with Crippen LogP contribution < -0.4 is 0 Å². The normalized spacial score (nSPS) is 11.2. The quantitative estimate of drug-likeness (QED) is 0.409. The van der Waals surface area contributed by atoms with Gasteiger partial charge in [0.2, 0.25) is 11.7 Å². The van der Waals surface area contributed by atoms with Gasteiger partial charge < -0.3 is 14.6 Å². The van der Waals surface area contributed by atoms with Gasteiger partial charge in [-0.3, -0.25) is 0 Å². The highest BCUT2D eigenvalue weighted by Crippen LogP contribution is 2.33. The van der Waals surface area contributed by atoms with Crippen molar-refractivity contribution in [1.82, 2.24) is 20.1 Å². The molecule has 0 aliphatic rings. The molecule has 0 saturated heterocycles. The summed E-state index contributed by atoms with van der Waals surface area (Å²) in [6.07, 6.45) is 0. The van der Waals surface area contributed by atoms with Crippen LogP contribution in [0, 0.1) is 6.92 Å². The molecule has 0 aliphatic heterocycles. The summed E-state index contributed by atoms with van der Waals surface area (Å²) in [5.74, 6) is 1.13. The standard InChI is InChI=1S/C22H15ClN4O2/c1-12-24-21(27-29-12)16-8-4-14(5-9-16)13-2-6-15(7-3-13)17-10-19-20(11-18(17)23)26-22(28)25-19/h2-11H,1H3,(H2,25,26,28). The lowest BCUT2D eigenvalue weighted by atomic mass is 9.99. The molecular weight excluding hydrogens is 388 g/mol. The highest BCUT2D eigenvalue weighted by Gasteiger charge is 2.10. The Hall–Kier alpha value is -3.64. The fraction of sp³-hybridized carbons (Fsp3) is 0.0455. The fourth-order valence-corrected chi connectivity index (χ4v) is 3.58. The number of fused-ring (bicyclic) bond motifs is 1. The van der Waals surface area contributed by atoms with E-state index >= 15 is 0 Å². The summed E-state index contributed by atoms with van der Waals surface area (Å²) in [5.41, 5.74) is 6.27. The van der Waals surface area contributed by atoms with Crippen LogP contribution in [-0.4, -0.2) is 25.2 Å². The number of H-pyrrole nitrogens is 1. The van der Waals surface area contributed by atoms with Gasteiger partial charge in [0, 0.05) is 18.1 Å². The molecule has 0 bridgehead atoms. The Labute approximate surface area is 170 Å². The van der Waals surface area contributed by atoms with Gasteiger partial charge in [-0.25, -0.2) is 0 Å². The number of aromatic amines is 1. The maximum atomic E-state index is 9.54. The molecule has 3 aromatic carbocycles. The van der Waals surface area contributed by atoms with E-state index in [4.69, 9.17) is 16.1 Å². The molecule has 0 atom stereocenters. The Morgan fingerprint density at radius 3 is 2.10 bits per heavy atom. The molecule has 7 heteroatoms. The second-order valence-corrected chi connectivity index (χ2v) is 7.11. The maximum absolute atomic E-state index is 9.54. The van der Waals surface area contributed by atoms with Crippen molar-refractivity contribution in [3.8, 4) is 39.7 Å². The molecule has 0 fully saturated rings. The minimum absolute atomic E-state index is 0.122. The van der Waals surface area contributed by atoms with Gasteiger partial charge in [0.15, 0.2) is 0 Å². The van der Waals surface area contributed by atoms with Crippen LogP contribution in [0.25, 0.3) is 44.7 Å². The second-order valence-electron chi connectivity index (χ2n) is 6.70. The van der Waals surface area contributed by atoms with Crippen molar-refractivity contribution in [2.24, 2.45) is 0 Å². The van der Waals surface area contributed by atoms with Crippen LogP contribution in [0.1, 0.15) is 5.89 Å². The van der Waals surface area contributed by atoms with Crippen LogP contribution in [0.5, 0.6) is 6.01 Å². The van der Waals surface area contributed by atoms with E-state index in [0.29, 0.717) is 27.8 Å². The Balaban J connectivity index is 1.45. The van der Waals surface area contributed by atoms with E-state index in [1.54, 1.807) is 13.0 Å². The average molecular weight is 403 g/mol. The number of aromatic nitrogens is 4. The predicted molar refractivity (Wildman–Crippen MR) is 112 cm³/mol. The molecule has 2 aromatic heterocycles. The van der Waals surface area contributed by atoms with E-state index in [2.05, 4.69) is 20.1 Å². The first-order chi connectivity index (χ1) is 14.1. The molecule has 142 valence electrons. The number of aryl methyl sites for hydroxylation is 1. The Bertz CT molecular complexity index is 1320. The molecule has 5 aromatic rings. The van der Waals surface area contributed by atoms with Crippen molar-refractivity contribution in [2.45, 2.75) is 6.92 Å². The molecule has 0 amide bonds. The highest BCUT2D eigenvalue weighted by atomic mass is 35.5. The zero-order valence-corrected chi connectivity index (χ0v) is 16.1. The highest BCUT2D eigenvalue weighted by molar-refractivity contribution is 6.34. The zero-order chi connectivity index (χ0) is 20.0. The van der Waals surface area contributed by atoms with Crippen LogP contribution in [0.3, 0.4) is 0 Å². The monoisotopic (exact) mass is 402 g/mol. The van der Waals surface area contributed by atoms with Crippen molar-refractivity contribution >= 4 is 22.6 Å². The Morgan fingerprint density at radius 1 is 0.862 bits per heavy atom. The van der Waals surface area contributed by atoms with Crippen LogP contribution in [0.2, 0.25) is 5.02 Å². The van der Waals surface area contributed by atoms with E-state index in [-0.39, 0.29) is 6.01 Å². The van der Waals surface area contributed by atoms with E-state index in [0.717, 1.165) is 27.8 Å². The van der Waals surface area contributed by atoms with Gasteiger partial charge in [0.1, 0.15) is 0 Å². The van der Waals surface area contributed by atoms with Crippen molar-refractivity contribution in [2.75, 3.05) is 0 Å². The number of aromatic hydroxyl groups is 1. The second kappa shape index (κ2) is 6.76. The first-order valence-electron chi connectivity index (χ1n) is 8.96. The topological polar surface area (TPSA) is 87.8 Å². The molecule has 0 saturated carbocycles. The van der Waals surface area contributed by atoms with E-state index in [9.17, 15) is 5.11 Å². The molecule has 5 rings (SSSR count). The fourth-order valence-electron chi connectivity index (χ4n) is 3.31. The molecule has 0 unspecified atom stereocenters. The number of rotatable bonds is 3. The van der Waals surface area contributed by atoms with E-state index in [1.807, 2.05) is 54.6 Å². The van der Waals surface area contributed by atoms with Crippen LogP contribution in [0.4, 0.5) is 0 Å². The minimum atomic E-state index is -0.122. The molecular formula is C22H15ClN4O2. The van der Waals surface area contributed by atoms with Gasteiger partial charge in [-0.2, -0.15) is 9.97 Å². The van der Waals surface area contributed by atoms with Gasteiger partial charge in [-0.1, -0.05) is 65.3 Å². The summed E-state index contributed by atoms with van der Waals surface area (Å²) in [5, 5.41) is 14.1. The van der Waals surface area contributed by atoms with Gasteiger partial charge in [0.25, 0.3) is 6.01 Å². The molecule has 2 heterocycles. The number of nitrogens with one attached hydrogen (secondary N) is 1. The number of benzene rings is 3. The molecule has 6 nitrogen and oxygen atoms in total.